The van der Waals surface area contributed by atoms with E-state index in [0.29, 0.717) is 6.42 Å². The van der Waals surface area contributed by atoms with Crippen molar-refractivity contribution in [3.05, 3.63) is 75.9 Å². The van der Waals surface area contributed by atoms with Crippen LogP contribution in [-0.4, -0.2) is 22.1 Å². The molecule has 0 saturated carbocycles. The second-order valence-corrected chi connectivity index (χ2v) is 7.11. The number of fused-ring (bicyclic) bond motifs is 3. The van der Waals surface area contributed by atoms with Gasteiger partial charge in [-0.3, -0.25) is 10.1 Å². The SMILES string of the molecule is O=C(O)[C@@H]1Cc2c([nH]c3ccccc23)[C@H](/C(Br)=C/c2ccccc2)N1. The van der Waals surface area contributed by atoms with Crippen molar-refractivity contribution in [1.29, 1.82) is 0 Å². The topological polar surface area (TPSA) is 65.1 Å². The maximum Gasteiger partial charge on any atom is 0.321 e. The number of H-pyrrole nitrogens is 1. The molecule has 0 unspecified atom stereocenters. The summed E-state index contributed by atoms with van der Waals surface area (Å²) in [7, 11) is 0. The van der Waals surface area contributed by atoms with E-state index in [0.717, 1.165) is 32.2 Å². The van der Waals surface area contributed by atoms with Gasteiger partial charge in [0, 0.05) is 27.5 Å². The molecule has 1 aliphatic heterocycles. The zero-order valence-electron chi connectivity index (χ0n) is 13.4. The number of rotatable bonds is 3. The Balaban J connectivity index is 1.82. The van der Waals surface area contributed by atoms with Crippen molar-refractivity contribution < 1.29 is 9.90 Å². The van der Waals surface area contributed by atoms with Crippen molar-refractivity contribution in [3.63, 3.8) is 0 Å². The summed E-state index contributed by atoms with van der Waals surface area (Å²) in [4.78, 5) is 15.1. The summed E-state index contributed by atoms with van der Waals surface area (Å²) in [5.74, 6) is -0.832. The van der Waals surface area contributed by atoms with Crippen molar-refractivity contribution in [2.45, 2.75) is 18.5 Å². The normalized spacial score (nSPS) is 20.4. The molecule has 1 aromatic heterocycles. The second-order valence-electron chi connectivity index (χ2n) is 6.20. The molecule has 3 N–H and O–H groups in total. The lowest BCUT2D eigenvalue weighted by Crippen LogP contribution is -2.44. The molecule has 4 rings (SSSR count). The van der Waals surface area contributed by atoms with Crippen molar-refractivity contribution in [2.24, 2.45) is 0 Å². The Morgan fingerprint density at radius 2 is 1.84 bits per heavy atom. The van der Waals surface area contributed by atoms with E-state index in [-0.39, 0.29) is 6.04 Å². The summed E-state index contributed by atoms with van der Waals surface area (Å²) < 4.78 is 0.900. The minimum absolute atomic E-state index is 0.225. The summed E-state index contributed by atoms with van der Waals surface area (Å²) >= 11 is 3.67. The third-order valence-electron chi connectivity index (χ3n) is 4.59. The minimum Gasteiger partial charge on any atom is -0.480 e. The molecule has 2 atom stereocenters. The van der Waals surface area contributed by atoms with Crippen LogP contribution in [0.3, 0.4) is 0 Å². The van der Waals surface area contributed by atoms with E-state index in [1.807, 2.05) is 60.7 Å². The van der Waals surface area contributed by atoms with Gasteiger partial charge in [-0.05, 0) is 23.3 Å². The Hall–Kier alpha value is -2.37. The first-order valence-corrected chi connectivity index (χ1v) is 8.93. The van der Waals surface area contributed by atoms with E-state index in [4.69, 9.17) is 0 Å². The van der Waals surface area contributed by atoms with Gasteiger partial charge in [0.1, 0.15) is 6.04 Å². The fourth-order valence-corrected chi connectivity index (χ4v) is 4.03. The number of carbonyl (C=O) groups is 1. The highest BCUT2D eigenvalue weighted by Crippen LogP contribution is 2.37. The van der Waals surface area contributed by atoms with Crippen molar-refractivity contribution in [1.82, 2.24) is 10.3 Å². The minimum atomic E-state index is -0.832. The molecule has 4 nitrogen and oxygen atoms in total. The van der Waals surface area contributed by atoms with Crippen LogP contribution in [0.2, 0.25) is 0 Å². The number of para-hydroxylation sites is 1. The molecule has 1 aliphatic rings. The van der Waals surface area contributed by atoms with Gasteiger partial charge in [-0.1, -0.05) is 64.5 Å². The molecular weight excluding hydrogens is 380 g/mol. The van der Waals surface area contributed by atoms with Crippen LogP contribution in [0, 0.1) is 0 Å². The highest BCUT2D eigenvalue weighted by atomic mass is 79.9. The molecule has 0 spiro atoms. The number of benzene rings is 2. The average molecular weight is 397 g/mol. The number of hydrogen-bond acceptors (Lipinski definition) is 2. The zero-order valence-corrected chi connectivity index (χ0v) is 15.0. The van der Waals surface area contributed by atoms with Gasteiger partial charge in [0.15, 0.2) is 0 Å². The standard InChI is InChI=1S/C20H17BrN2O2/c21-15(10-12-6-2-1-3-7-12)19-18-14(11-17(23-19)20(24)25)13-8-4-5-9-16(13)22-18/h1-10,17,19,22-23H,11H2,(H,24,25)/b15-10-/t17-,19-/m0/s1. The number of aliphatic carboxylic acids is 1. The van der Waals surface area contributed by atoms with Crippen LogP contribution in [-0.2, 0) is 11.2 Å². The number of halogens is 1. The van der Waals surface area contributed by atoms with E-state index in [9.17, 15) is 9.90 Å². The maximum atomic E-state index is 11.6. The van der Waals surface area contributed by atoms with Gasteiger partial charge in [-0.2, -0.15) is 0 Å². The lowest BCUT2D eigenvalue weighted by molar-refractivity contribution is -0.139. The monoisotopic (exact) mass is 396 g/mol. The Morgan fingerprint density at radius 1 is 1.12 bits per heavy atom. The predicted octanol–water partition coefficient (Wildman–Crippen LogP) is 4.24. The van der Waals surface area contributed by atoms with Gasteiger partial charge in [-0.15, -0.1) is 0 Å². The van der Waals surface area contributed by atoms with Crippen molar-refractivity contribution in [3.8, 4) is 0 Å². The number of carboxylic acids is 1. The van der Waals surface area contributed by atoms with Gasteiger partial charge >= 0.3 is 5.97 Å². The van der Waals surface area contributed by atoms with Crippen LogP contribution in [0.4, 0.5) is 0 Å². The van der Waals surface area contributed by atoms with Crippen LogP contribution < -0.4 is 5.32 Å². The highest BCUT2D eigenvalue weighted by molar-refractivity contribution is 9.11. The summed E-state index contributed by atoms with van der Waals surface area (Å²) in [5, 5.41) is 13.9. The fraction of sp³-hybridized carbons (Fsp3) is 0.150. The Morgan fingerprint density at radius 3 is 2.60 bits per heavy atom. The van der Waals surface area contributed by atoms with E-state index >= 15 is 0 Å². The number of aromatic amines is 1. The third kappa shape index (κ3) is 3.01. The number of nitrogens with one attached hydrogen (secondary N) is 2. The quantitative estimate of drug-likeness (QED) is 0.619. The lowest BCUT2D eigenvalue weighted by Gasteiger charge is -2.29. The van der Waals surface area contributed by atoms with Crippen LogP contribution in [0.15, 0.2) is 59.1 Å². The Bertz CT molecular complexity index is 962. The van der Waals surface area contributed by atoms with E-state index in [1.165, 1.54) is 0 Å². The van der Waals surface area contributed by atoms with Crippen molar-refractivity contribution in [2.75, 3.05) is 0 Å². The molecule has 2 heterocycles. The van der Waals surface area contributed by atoms with Gasteiger partial charge in [-0.25, -0.2) is 0 Å². The molecule has 0 saturated heterocycles. The number of carboxylic acid groups (broad SMARTS) is 1. The lowest BCUT2D eigenvalue weighted by atomic mass is 9.93. The molecule has 0 radical (unpaired) electrons. The van der Waals surface area contributed by atoms with Crippen LogP contribution in [0.1, 0.15) is 22.9 Å². The van der Waals surface area contributed by atoms with Gasteiger partial charge in [0.2, 0.25) is 0 Å². The fourth-order valence-electron chi connectivity index (χ4n) is 3.40. The van der Waals surface area contributed by atoms with E-state index < -0.39 is 12.0 Å². The first kappa shape index (κ1) is 16.1. The smallest absolute Gasteiger partial charge is 0.321 e. The van der Waals surface area contributed by atoms with Crippen molar-refractivity contribution >= 4 is 38.9 Å². The van der Waals surface area contributed by atoms with Gasteiger partial charge < -0.3 is 10.1 Å². The summed E-state index contributed by atoms with van der Waals surface area (Å²) in [6.45, 7) is 0. The molecule has 0 amide bonds. The second kappa shape index (κ2) is 6.50. The highest BCUT2D eigenvalue weighted by Gasteiger charge is 2.34. The molecule has 3 aromatic rings. The molecule has 25 heavy (non-hydrogen) atoms. The zero-order chi connectivity index (χ0) is 17.4. The van der Waals surface area contributed by atoms with E-state index in [1.54, 1.807) is 0 Å². The van der Waals surface area contributed by atoms with Gasteiger partial charge in [0.05, 0.1) is 6.04 Å². The van der Waals surface area contributed by atoms with Gasteiger partial charge in [0.25, 0.3) is 0 Å². The molecule has 0 aliphatic carbocycles. The first-order valence-electron chi connectivity index (χ1n) is 8.14. The largest absolute Gasteiger partial charge is 0.480 e. The molecule has 0 bridgehead atoms. The van der Waals surface area contributed by atoms with E-state index in [2.05, 4.69) is 26.2 Å². The molecule has 0 fully saturated rings. The molecule has 5 heteroatoms. The number of hydrogen-bond donors (Lipinski definition) is 3. The Kier molecular flexibility index (Phi) is 4.19. The maximum absolute atomic E-state index is 11.6. The molecule has 126 valence electrons. The summed E-state index contributed by atoms with van der Waals surface area (Å²) in [5.41, 5.74) is 4.19. The Labute approximate surface area is 153 Å². The number of aromatic nitrogens is 1. The predicted molar refractivity (Wildman–Crippen MR) is 103 cm³/mol. The first-order chi connectivity index (χ1) is 12.1. The van der Waals surface area contributed by atoms with Crippen LogP contribution >= 0.6 is 15.9 Å². The molecular formula is C20H17BrN2O2. The third-order valence-corrected chi connectivity index (χ3v) is 5.28. The average Bonchev–Trinajstić information content (AvgIpc) is 3.00. The summed E-state index contributed by atoms with van der Waals surface area (Å²) in [6, 6.07) is 17.2. The summed E-state index contributed by atoms with van der Waals surface area (Å²) in [6.07, 6.45) is 2.49. The van der Waals surface area contributed by atoms with Crippen LogP contribution in [0.5, 0.6) is 0 Å². The van der Waals surface area contributed by atoms with Crippen LogP contribution in [0.25, 0.3) is 17.0 Å². The molecule has 2 aromatic carbocycles.